The van der Waals surface area contributed by atoms with Crippen LogP contribution in [0, 0.1) is 6.92 Å². The Bertz CT molecular complexity index is 431. The molecule has 0 N–H and O–H groups in total. The second-order valence-corrected chi connectivity index (χ2v) is 4.23. The fraction of sp³-hybridized carbons (Fsp3) is 0.176. The zero-order valence-electron chi connectivity index (χ0n) is 11.2. The monoisotopic (exact) mass is 258 g/mol. The third kappa shape index (κ3) is 4.77. The Morgan fingerprint density at radius 2 is 1.11 bits per heavy atom. The van der Waals surface area contributed by atoms with Crippen LogP contribution >= 0.6 is 11.6 Å². The molecule has 1 heteroatoms. The molecule has 0 spiro atoms. The van der Waals surface area contributed by atoms with Crippen molar-refractivity contribution >= 4 is 23.8 Å². The van der Waals surface area contributed by atoms with E-state index < -0.39 is 0 Å². The van der Waals surface area contributed by atoms with Crippen LogP contribution in [0.1, 0.15) is 30.5 Å². The molecule has 0 aliphatic rings. The van der Waals surface area contributed by atoms with Gasteiger partial charge >= 0.3 is 0 Å². The number of hydrogen-bond acceptors (Lipinski definition) is 0. The van der Waals surface area contributed by atoms with Gasteiger partial charge in [-0.2, -0.15) is 0 Å². The number of aryl methyl sites for hydroxylation is 1. The SMILES string of the molecule is CC.Cc1ccc(/C=C\c2ccc(Cl)cc2)cc1. The van der Waals surface area contributed by atoms with Gasteiger partial charge in [-0.3, -0.25) is 0 Å². The van der Waals surface area contributed by atoms with Gasteiger partial charge in [-0.1, -0.05) is 79.6 Å². The second kappa shape index (κ2) is 7.73. The fourth-order valence-corrected chi connectivity index (χ4v) is 1.57. The highest BCUT2D eigenvalue weighted by Gasteiger charge is 1.89. The molecule has 0 saturated heterocycles. The average Bonchev–Trinajstić information content (AvgIpc) is 2.42. The molecule has 0 unspecified atom stereocenters. The van der Waals surface area contributed by atoms with Gasteiger partial charge in [0.2, 0.25) is 0 Å². The van der Waals surface area contributed by atoms with Gasteiger partial charge in [-0.15, -0.1) is 0 Å². The summed E-state index contributed by atoms with van der Waals surface area (Å²) in [6.45, 7) is 6.09. The lowest BCUT2D eigenvalue weighted by Gasteiger charge is -1.96. The number of rotatable bonds is 2. The van der Waals surface area contributed by atoms with Crippen LogP contribution in [0.2, 0.25) is 5.02 Å². The van der Waals surface area contributed by atoms with E-state index >= 15 is 0 Å². The van der Waals surface area contributed by atoms with Crippen molar-refractivity contribution in [3.63, 3.8) is 0 Å². The van der Waals surface area contributed by atoms with Gasteiger partial charge in [0.05, 0.1) is 0 Å². The molecule has 2 aromatic carbocycles. The van der Waals surface area contributed by atoms with E-state index in [-0.39, 0.29) is 0 Å². The van der Waals surface area contributed by atoms with Crippen LogP contribution in [0.4, 0.5) is 0 Å². The first kappa shape index (κ1) is 14.5. The van der Waals surface area contributed by atoms with E-state index in [1.54, 1.807) is 0 Å². The summed E-state index contributed by atoms with van der Waals surface area (Å²) in [6, 6.07) is 16.3. The van der Waals surface area contributed by atoms with E-state index in [0.29, 0.717) is 0 Å². The molecular weight excluding hydrogens is 240 g/mol. The molecule has 18 heavy (non-hydrogen) atoms. The predicted octanol–water partition coefficient (Wildman–Crippen LogP) is 5.85. The zero-order chi connectivity index (χ0) is 13.4. The Balaban J connectivity index is 0.000000771. The van der Waals surface area contributed by atoms with Gasteiger partial charge < -0.3 is 0 Å². The standard InChI is InChI=1S/C15H13Cl.C2H6/c1-12-2-4-13(5-3-12)6-7-14-8-10-15(16)11-9-14;1-2/h2-11H,1H3;1-2H3/b7-6-;. The number of benzene rings is 2. The van der Waals surface area contributed by atoms with E-state index in [1.807, 2.05) is 38.1 Å². The van der Waals surface area contributed by atoms with Crippen molar-refractivity contribution in [1.29, 1.82) is 0 Å². The molecule has 0 aromatic heterocycles. The summed E-state index contributed by atoms with van der Waals surface area (Å²) in [6.07, 6.45) is 4.18. The van der Waals surface area contributed by atoms with Crippen LogP contribution in [0.15, 0.2) is 48.5 Å². The molecule has 0 bridgehead atoms. The van der Waals surface area contributed by atoms with Crippen LogP contribution < -0.4 is 0 Å². The summed E-state index contributed by atoms with van der Waals surface area (Å²) in [5.41, 5.74) is 3.65. The Hall–Kier alpha value is -1.53. The normalized spacial score (nSPS) is 10.0. The van der Waals surface area contributed by atoms with Crippen LogP contribution in [0.3, 0.4) is 0 Å². The lowest BCUT2D eigenvalue weighted by atomic mass is 10.1. The third-order valence-electron chi connectivity index (χ3n) is 2.42. The minimum absolute atomic E-state index is 0.771. The first-order valence-electron chi connectivity index (χ1n) is 6.24. The summed E-state index contributed by atoms with van der Waals surface area (Å²) in [7, 11) is 0. The quantitative estimate of drug-likeness (QED) is 0.593. The molecule has 0 heterocycles. The lowest BCUT2D eigenvalue weighted by molar-refractivity contribution is 1.46. The molecule has 0 saturated carbocycles. The van der Waals surface area contributed by atoms with E-state index in [0.717, 1.165) is 10.6 Å². The average molecular weight is 259 g/mol. The Morgan fingerprint density at radius 1 is 0.722 bits per heavy atom. The Kier molecular flexibility index (Phi) is 6.24. The molecule has 0 atom stereocenters. The summed E-state index contributed by atoms with van der Waals surface area (Å²) in [4.78, 5) is 0. The maximum atomic E-state index is 5.82. The van der Waals surface area contributed by atoms with Gasteiger partial charge in [0.15, 0.2) is 0 Å². The highest BCUT2D eigenvalue weighted by molar-refractivity contribution is 6.30. The van der Waals surface area contributed by atoms with Crippen LogP contribution in [-0.4, -0.2) is 0 Å². The van der Waals surface area contributed by atoms with Gasteiger partial charge in [0.1, 0.15) is 0 Å². The van der Waals surface area contributed by atoms with Crippen molar-refractivity contribution in [2.45, 2.75) is 20.8 Å². The van der Waals surface area contributed by atoms with Crippen molar-refractivity contribution in [1.82, 2.24) is 0 Å². The molecular formula is C17H19Cl. The van der Waals surface area contributed by atoms with Crippen LogP contribution in [0.25, 0.3) is 12.2 Å². The summed E-state index contributed by atoms with van der Waals surface area (Å²) in [5, 5.41) is 0.771. The minimum Gasteiger partial charge on any atom is -0.0843 e. The van der Waals surface area contributed by atoms with Crippen molar-refractivity contribution in [3.8, 4) is 0 Å². The van der Waals surface area contributed by atoms with E-state index in [9.17, 15) is 0 Å². The second-order valence-electron chi connectivity index (χ2n) is 3.80. The van der Waals surface area contributed by atoms with Gasteiger partial charge in [-0.25, -0.2) is 0 Å². The summed E-state index contributed by atoms with van der Waals surface area (Å²) < 4.78 is 0. The van der Waals surface area contributed by atoms with Crippen LogP contribution in [0.5, 0.6) is 0 Å². The maximum absolute atomic E-state index is 5.82. The van der Waals surface area contributed by atoms with Crippen molar-refractivity contribution < 1.29 is 0 Å². The molecule has 2 rings (SSSR count). The van der Waals surface area contributed by atoms with E-state index in [1.165, 1.54) is 11.1 Å². The molecule has 0 aliphatic heterocycles. The van der Waals surface area contributed by atoms with E-state index in [4.69, 9.17) is 11.6 Å². The molecule has 2 aromatic rings. The van der Waals surface area contributed by atoms with Crippen molar-refractivity contribution in [2.75, 3.05) is 0 Å². The van der Waals surface area contributed by atoms with Gasteiger partial charge in [-0.05, 0) is 30.2 Å². The first-order chi connectivity index (χ1) is 8.74. The van der Waals surface area contributed by atoms with Crippen LogP contribution in [-0.2, 0) is 0 Å². The summed E-state index contributed by atoms with van der Waals surface area (Å²) in [5.74, 6) is 0. The van der Waals surface area contributed by atoms with Gasteiger partial charge in [0, 0.05) is 5.02 Å². The number of halogens is 1. The third-order valence-corrected chi connectivity index (χ3v) is 2.67. The number of hydrogen-bond donors (Lipinski definition) is 0. The zero-order valence-corrected chi connectivity index (χ0v) is 11.9. The lowest BCUT2D eigenvalue weighted by Crippen LogP contribution is -1.74. The summed E-state index contributed by atoms with van der Waals surface area (Å²) >= 11 is 5.82. The highest BCUT2D eigenvalue weighted by Crippen LogP contribution is 2.13. The molecule has 94 valence electrons. The Morgan fingerprint density at radius 3 is 1.56 bits per heavy atom. The smallest absolute Gasteiger partial charge is 0.0406 e. The maximum Gasteiger partial charge on any atom is 0.0406 e. The first-order valence-corrected chi connectivity index (χ1v) is 6.62. The molecule has 0 fully saturated rings. The fourth-order valence-electron chi connectivity index (χ4n) is 1.44. The molecule has 0 nitrogen and oxygen atoms in total. The molecule has 0 aliphatic carbocycles. The van der Waals surface area contributed by atoms with Crippen molar-refractivity contribution in [2.24, 2.45) is 0 Å². The topological polar surface area (TPSA) is 0 Å². The minimum atomic E-state index is 0.771. The van der Waals surface area contributed by atoms with Crippen molar-refractivity contribution in [3.05, 3.63) is 70.2 Å². The van der Waals surface area contributed by atoms with Gasteiger partial charge in [0.25, 0.3) is 0 Å². The Labute approximate surface area is 115 Å². The molecule has 0 amide bonds. The predicted molar refractivity (Wildman–Crippen MR) is 82.9 cm³/mol. The molecule has 0 radical (unpaired) electrons. The largest absolute Gasteiger partial charge is 0.0843 e. The highest BCUT2D eigenvalue weighted by atomic mass is 35.5. The van der Waals surface area contributed by atoms with E-state index in [2.05, 4.69) is 43.3 Å².